The van der Waals surface area contributed by atoms with Gasteiger partial charge in [0.2, 0.25) is 0 Å². The fourth-order valence-corrected chi connectivity index (χ4v) is 1.61. The zero-order valence-electron chi connectivity index (χ0n) is 9.72. The first-order chi connectivity index (χ1) is 7.70. The van der Waals surface area contributed by atoms with Crippen LogP contribution in [0.15, 0.2) is 30.3 Å². The van der Waals surface area contributed by atoms with E-state index in [9.17, 15) is 4.79 Å². The van der Waals surface area contributed by atoms with Crippen molar-refractivity contribution in [2.24, 2.45) is 0 Å². The highest BCUT2D eigenvalue weighted by atomic mass is 16.4. The summed E-state index contributed by atoms with van der Waals surface area (Å²) in [5, 5.41) is 8.49. The molecule has 3 nitrogen and oxygen atoms in total. The molecule has 0 aromatic heterocycles. The number of hydrogen-bond acceptors (Lipinski definition) is 2. The Hall–Kier alpha value is -1.51. The van der Waals surface area contributed by atoms with Crippen molar-refractivity contribution in [3.05, 3.63) is 30.3 Å². The van der Waals surface area contributed by atoms with Crippen molar-refractivity contribution in [1.82, 2.24) is 0 Å². The van der Waals surface area contributed by atoms with Crippen molar-refractivity contribution >= 4 is 11.7 Å². The highest BCUT2D eigenvalue weighted by molar-refractivity contribution is 5.66. The van der Waals surface area contributed by atoms with E-state index in [1.807, 2.05) is 18.2 Å². The number of anilines is 1. The maximum Gasteiger partial charge on any atom is 0.303 e. The van der Waals surface area contributed by atoms with Gasteiger partial charge in [-0.05, 0) is 25.0 Å². The number of nitrogens with zero attached hydrogens (tertiary/aromatic N) is 1. The molecule has 0 aliphatic heterocycles. The molecule has 0 radical (unpaired) electrons. The third kappa shape index (κ3) is 4.82. The Morgan fingerprint density at radius 2 is 1.88 bits per heavy atom. The van der Waals surface area contributed by atoms with Gasteiger partial charge < -0.3 is 10.0 Å². The molecule has 0 saturated carbocycles. The van der Waals surface area contributed by atoms with E-state index in [0.717, 1.165) is 25.8 Å². The number of aliphatic carboxylic acids is 1. The van der Waals surface area contributed by atoms with Crippen LogP contribution in [0, 0.1) is 0 Å². The average Bonchev–Trinajstić information content (AvgIpc) is 2.29. The van der Waals surface area contributed by atoms with Crippen molar-refractivity contribution < 1.29 is 9.90 Å². The Bertz CT molecular complexity index is 311. The molecule has 3 heteroatoms. The Balaban J connectivity index is 2.16. The van der Waals surface area contributed by atoms with Crippen LogP contribution in [-0.2, 0) is 4.79 Å². The number of para-hydroxylation sites is 1. The maximum atomic E-state index is 10.3. The van der Waals surface area contributed by atoms with Crippen LogP contribution in [0.2, 0.25) is 0 Å². The Kier molecular flexibility index (Phi) is 5.40. The number of carboxylic acid groups (broad SMARTS) is 1. The molecule has 0 unspecified atom stereocenters. The Morgan fingerprint density at radius 3 is 2.50 bits per heavy atom. The van der Waals surface area contributed by atoms with Crippen LogP contribution in [0.5, 0.6) is 0 Å². The van der Waals surface area contributed by atoms with E-state index in [0.29, 0.717) is 0 Å². The van der Waals surface area contributed by atoms with Crippen molar-refractivity contribution in [2.45, 2.75) is 25.7 Å². The van der Waals surface area contributed by atoms with Crippen LogP contribution in [0.25, 0.3) is 0 Å². The number of hydrogen-bond donors (Lipinski definition) is 1. The molecule has 0 bridgehead atoms. The van der Waals surface area contributed by atoms with E-state index in [-0.39, 0.29) is 6.42 Å². The lowest BCUT2D eigenvalue weighted by molar-refractivity contribution is -0.137. The standard InChI is InChI=1S/C13H19NO2/c1-14(12-8-4-2-5-9-12)11-7-3-6-10-13(15)16/h2,4-5,8-9H,3,6-7,10-11H2,1H3,(H,15,16). The number of carboxylic acids is 1. The predicted molar refractivity (Wildman–Crippen MR) is 65.8 cm³/mol. The molecule has 88 valence electrons. The van der Waals surface area contributed by atoms with Crippen LogP contribution in [0.1, 0.15) is 25.7 Å². The van der Waals surface area contributed by atoms with E-state index in [1.54, 1.807) is 0 Å². The van der Waals surface area contributed by atoms with Gasteiger partial charge in [0.1, 0.15) is 0 Å². The third-order valence-electron chi connectivity index (χ3n) is 2.58. The van der Waals surface area contributed by atoms with Gasteiger partial charge in [-0.25, -0.2) is 0 Å². The first-order valence-electron chi connectivity index (χ1n) is 5.68. The van der Waals surface area contributed by atoms with E-state index in [2.05, 4.69) is 24.1 Å². The summed E-state index contributed by atoms with van der Waals surface area (Å²) in [5.74, 6) is -0.698. The topological polar surface area (TPSA) is 40.5 Å². The first kappa shape index (κ1) is 12.6. The fraction of sp³-hybridized carbons (Fsp3) is 0.462. The lowest BCUT2D eigenvalue weighted by atomic mass is 10.2. The lowest BCUT2D eigenvalue weighted by Gasteiger charge is -2.18. The highest BCUT2D eigenvalue weighted by Crippen LogP contribution is 2.12. The Labute approximate surface area is 96.7 Å². The number of rotatable bonds is 7. The minimum Gasteiger partial charge on any atom is -0.481 e. The zero-order valence-corrected chi connectivity index (χ0v) is 9.72. The second kappa shape index (κ2) is 6.88. The van der Waals surface area contributed by atoms with Crippen LogP contribution in [0.3, 0.4) is 0 Å². The largest absolute Gasteiger partial charge is 0.481 e. The molecular weight excluding hydrogens is 202 g/mol. The summed E-state index contributed by atoms with van der Waals surface area (Å²) in [6.07, 6.45) is 3.08. The summed E-state index contributed by atoms with van der Waals surface area (Å²) in [6, 6.07) is 10.2. The average molecular weight is 221 g/mol. The lowest BCUT2D eigenvalue weighted by Crippen LogP contribution is -2.18. The van der Waals surface area contributed by atoms with Gasteiger partial charge in [-0.1, -0.05) is 24.6 Å². The summed E-state index contributed by atoms with van der Waals surface area (Å²) in [5.41, 5.74) is 1.21. The van der Waals surface area contributed by atoms with Gasteiger partial charge in [-0.15, -0.1) is 0 Å². The van der Waals surface area contributed by atoms with Gasteiger partial charge in [0, 0.05) is 25.7 Å². The molecule has 0 fully saturated rings. The molecule has 1 aromatic carbocycles. The van der Waals surface area contributed by atoms with Crippen molar-refractivity contribution in [1.29, 1.82) is 0 Å². The molecule has 0 heterocycles. The number of unbranched alkanes of at least 4 members (excludes halogenated alkanes) is 2. The van der Waals surface area contributed by atoms with Crippen molar-refractivity contribution in [3.63, 3.8) is 0 Å². The molecule has 0 spiro atoms. The van der Waals surface area contributed by atoms with Crippen LogP contribution in [0.4, 0.5) is 5.69 Å². The summed E-state index contributed by atoms with van der Waals surface area (Å²) < 4.78 is 0. The number of benzene rings is 1. The SMILES string of the molecule is CN(CCCCCC(=O)O)c1ccccc1. The molecule has 0 aliphatic carbocycles. The Morgan fingerprint density at radius 1 is 1.19 bits per heavy atom. The van der Waals surface area contributed by atoms with Gasteiger partial charge >= 0.3 is 5.97 Å². The summed E-state index contributed by atoms with van der Waals surface area (Å²) >= 11 is 0. The summed E-state index contributed by atoms with van der Waals surface area (Å²) in [6.45, 7) is 0.976. The van der Waals surface area contributed by atoms with Crippen molar-refractivity contribution in [3.8, 4) is 0 Å². The quantitative estimate of drug-likeness (QED) is 0.720. The monoisotopic (exact) mass is 221 g/mol. The molecule has 1 N–H and O–H groups in total. The van der Waals surface area contributed by atoms with E-state index >= 15 is 0 Å². The third-order valence-corrected chi connectivity index (χ3v) is 2.58. The highest BCUT2D eigenvalue weighted by Gasteiger charge is 2.00. The van der Waals surface area contributed by atoms with Gasteiger partial charge in [0.15, 0.2) is 0 Å². The molecule has 1 aromatic rings. The van der Waals surface area contributed by atoms with Crippen molar-refractivity contribution in [2.75, 3.05) is 18.5 Å². The van der Waals surface area contributed by atoms with E-state index in [1.165, 1.54) is 5.69 Å². The zero-order chi connectivity index (χ0) is 11.8. The molecule has 1 rings (SSSR count). The van der Waals surface area contributed by atoms with Gasteiger partial charge in [-0.2, -0.15) is 0 Å². The smallest absolute Gasteiger partial charge is 0.303 e. The first-order valence-corrected chi connectivity index (χ1v) is 5.68. The van der Waals surface area contributed by atoms with Crippen LogP contribution in [-0.4, -0.2) is 24.7 Å². The van der Waals surface area contributed by atoms with Gasteiger partial charge in [0.05, 0.1) is 0 Å². The number of carbonyl (C=O) groups is 1. The molecule has 0 saturated heterocycles. The molecule has 0 amide bonds. The minimum absolute atomic E-state index is 0.287. The van der Waals surface area contributed by atoms with Crippen LogP contribution >= 0.6 is 0 Å². The fourth-order valence-electron chi connectivity index (χ4n) is 1.61. The van der Waals surface area contributed by atoms with Gasteiger partial charge in [-0.3, -0.25) is 4.79 Å². The van der Waals surface area contributed by atoms with Crippen LogP contribution < -0.4 is 4.90 Å². The van der Waals surface area contributed by atoms with Gasteiger partial charge in [0.25, 0.3) is 0 Å². The predicted octanol–water partition coefficient (Wildman–Crippen LogP) is 2.77. The maximum absolute atomic E-state index is 10.3. The molecule has 16 heavy (non-hydrogen) atoms. The second-order valence-electron chi connectivity index (χ2n) is 3.96. The summed E-state index contributed by atoms with van der Waals surface area (Å²) in [7, 11) is 2.06. The second-order valence-corrected chi connectivity index (χ2v) is 3.96. The molecule has 0 aliphatic rings. The van der Waals surface area contributed by atoms with E-state index < -0.39 is 5.97 Å². The normalized spacial score (nSPS) is 10.1. The molecule has 0 atom stereocenters. The van der Waals surface area contributed by atoms with E-state index in [4.69, 9.17) is 5.11 Å². The summed E-state index contributed by atoms with van der Waals surface area (Å²) in [4.78, 5) is 12.5. The minimum atomic E-state index is -0.698. The molecular formula is C13H19NO2.